The molecule has 2 heterocycles. The fraction of sp³-hybridized carbons (Fsp3) is 0.0645. The van der Waals surface area contributed by atoms with Crippen LogP contribution in [0.25, 0.3) is 37.8 Å². The van der Waals surface area contributed by atoms with Crippen LogP contribution in [-0.2, 0) is 4.79 Å². The van der Waals surface area contributed by atoms with Crippen LogP contribution in [0, 0.1) is 6.92 Å². The zero-order chi connectivity index (χ0) is 26.1. The summed E-state index contributed by atoms with van der Waals surface area (Å²) in [5, 5.41) is 6.25. The molecule has 6 aromatic rings. The topological polar surface area (TPSA) is 64.0 Å². The third-order valence-electron chi connectivity index (χ3n) is 6.31. The smallest absolute Gasteiger partial charge is 0.268 e. The maximum Gasteiger partial charge on any atom is 0.268 e. The standard InChI is InChI=1S/C31H23N3O2S2/c1-20-27(22-11-4-2-5-12-22)28-29(38-20)33-31(34(30(28)36)25-14-6-3-7-15-25)37-19-26(35)32-24-17-16-21-10-8-9-13-23(21)18-24/h2-18H,19H2,1H3,(H,32,35). The van der Waals surface area contributed by atoms with Gasteiger partial charge < -0.3 is 5.32 Å². The highest BCUT2D eigenvalue weighted by atomic mass is 32.2. The second kappa shape index (κ2) is 10.3. The van der Waals surface area contributed by atoms with E-state index in [2.05, 4.69) is 5.32 Å². The van der Waals surface area contributed by atoms with E-state index in [9.17, 15) is 9.59 Å². The molecule has 38 heavy (non-hydrogen) atoms. The Morgan fingerprint density at radius 1 is 0.895 bits per heavy atom. The lowest BCUT2D eigenvalue weighted by Crippen LogP contribution is -2.22. The van der Waals surface area contributed by atoms with E-state index in [-0.39, 0.29) is 17.2 Å². The number of fused-ring (bicyclic) bond motifs is 2. The molecular weight excluding hydrogens is 510 g/mol. The number of hydrogen-bond donors (Lipinski definition) is 1. The summed E-state index contributed by atoms with van der Waals surface area (Å²) < 4.78 is 1.62. The Balaban J connectivity index is 1.36. The number of aryl methyl sites for hydroxylation is 1. The first-order valence-corrected chi connectivity index (χ1v) is 14.0. The van der Waals surface area contributed by atoms with E-state index < -0.39 is 0 Å². The van der Waals surface area contributed by atoms with Crippen LogP contribution in [0.15, 0.2) is 113 Å². The van der Waals surface area contributed by atoms with Crippen LogP contribution >= 0.6 is 23.1 Å². The summed E-state index contributed by atoms with van der Waals surface area (Å²) in [5.74, 6) is -0.0420. The van der Waals surface area contributed by atoms with Gasteiger partial charge >= 0.3 is 0 Å². The Morgan fingerprint density at radius 3 is 2.34 bits per heavy atom. The molecule has 6 rings (SSSR count). The summed E-state index contributed by atoms with van der Waals surface area (Å²) in [5.41, 5.74) is 3.22. The van der Waals surface area contributed by atoms with Gasteiger partial charge in [-0.1, -0.05) is 90.6 Å². The molecule has 0 fully saturated rings. The molecule has 4 aromatic carbocycles. The molecule has 7 heteroatoms. The van der Waals surface area contributed by atoms with Crippen molar-refractivity contribution >= 4 is 55.7 Å². The minimum atomic E-state index is -0.161. The second-order valence-electron chi connectivity index (χ2n) is 8.85. The maximum atomic E-state index is 14.0. The van der Waals surface area contributed by atoms with Crippen LogP contribution in [0.4, 0.5) is 5.69 Å². The molecule has 0 radical (unpaired) electrons. The van der Waals surface area contributed by atoms with E-state index in [4.69, 9.17) is 4.98 Å². The molecule has 0 atom stereocenters. The van der Waals surface area contributed by atoms with Gasteiger partial charge in [-0.05, 0) is 47.5 Å². The highest BCUT2D eigenvalue weighted by Crippen LogP contribution is 2.37. The van der Waals surface area contributed by atoms with Crippen molar-refractivity contribution in [2.75, 3.05) is 11.1 Å². The van der Waals surface area contributed by atoms with Crippen molar-refractivity contribution in [2.45, 2.75) is 12.1 Å². The van der Waals surface area contributed by atoms with Crippen molar-refractivity contribution in [1.29, 1.82) is 0 Å². The van der Waals surface area contributed by atoms with Gasteiger partial charge in [0, 0.05) is 16.1 Å². The minimum absolute atomic E-state index is 0.119. The molecule has 0 aliphatic carbocycles. The summed E-state index contributed by atoms with van der Waals surface area (Å²) in [6, 6.07) is 33.3. The number of anilines is 1. The van der Waals surface area contributed by atoms with Gasteiger partial charge in [-0.2, -0.15) is 0 Å². The molecule has 0 spiro atoms. The number of rotatable bonds is 6. The Labute approximate surface area is 227 Å². The Bertz CT molecular complexity index is 1840. The van der Waals surface area contributed by atoms with Crippen LogP contribution in [0.3, 0.4) is 0 Å². The number of nitrogens with zero attached hydrogens (tertiary/aromatic N) is 2. The van der Waals surface area contributed by atoms with E-state index in [1.165, 1.54) is 23.1 Å². The lowest BCUT2D eigenvalue weighted by molar-refractivity contribution is -0.113. The number of nitrogens with one attached hydrogen (secondary N) is 1. The molecule has 186 valence electrons. The van der Waals surface area contributed by atoms with Crippen LogP contribution in [0.5, 0.6) is 0 Å². The van der Waals surface area contributed by atoms with Gasteiger partial charge in [0.25, 0.3) is 5.56 Å². The molecular formula is C31H23N3O2S2. The molecule has 1 amide bonds. The third-order valence-corrected chi connectivity index (χ3v) is 8.25. The monoisotopic (exact) mass is 533 g/mol. The van der Waals surface area contributed by atoms with E-state index in [1.54, 1.807) is 4.57 Å². The van der Waals surface area contributed by atoms with E-state index in [0.717, 1.165) is 32.5 Å². The van der Waals surface area contributed by atoms with Crippen LogP contribution in [-0.4, -0.2) is 21.2 Å². The van der Waals surface area contributed by atoms with E-state index >= 15 is 0 Å². The van der Waals surface area contributed by atoms with Crippen molar-refractivity contribution < 1.29 is 4.79 Å². The Kier molecular flexibility index (Phi) is 6.54. The summed E-state index contributed by atoms with van der Waals surface area (Å²) in [7, 11) is 0. The number of carbonyl (C=O) groups excluding carboxylic acids is 1. The van der Waals surface area contributed by atoms with Crippen LogP contribution < -0.4 is 10.9 Å². The zero-order valence-electron chi connectivity index (χ0n) is 20.5. The van der Waals surface area contributed by atoms with Gasteiger partial charge in [0.1, 0.15) is 4.83 Å². The van der Waals surface area contributed by atoms with Crippen molar-refractivity contribution in [3.05, 3.63) is 118 Å². The predicted molar refractivity (Wildman–Crippen MR) is 159 cm³/mol. The summed E-state index contributed by atoms with van der Waals surface area (Å²) in [6.07, 6.45) is 0. The van der Waals surface area contributed by atoms with Crippen molar-refractivity contribution in [2.24, 2.45) is 0 Å². The maximum absolute atomic E-state index is 14.0. The SMILES string of the molecule is Cc1sc2nc(SCC(=O)Nc3ccc4ccccc4c3)n(-c3ccccc3)c(=O)c2c1-c1ccccc1. The number of thiophene rings is 1. The fourth-order valence-corrected chi connectivity index (χ4v) is 6.49. The van der Waals surface area contributed by atoms with E-state index in [1.807, 2.05) is 110 Å². The highest BCUT2D eigenvalue weighted by molar-refractivity contribution is 7.99. The first-order valence-electron chi connectivity index (χ1n) is 12.2. The highest BCUT2D eigenvalue weighted by Gasteiger charge is 2.21. The minimum Gasteiger partial charge on any atom is -0.325 e. The number of amides is 1. The van der Waals surface area contributed by atoms with Gasteiger partial charge in [-0.15, -0.1) is 11.3 Å². The van der Waals surface area contributed by atoms with Crippen LogP contribution in [0.2, 0.25) is 0 Å². The quantitative estimate of drug-likeness (QED) is 0.180. The molecule has 0 aliphatic rings. The van der Waals surface area contributed by atoms with Gasteiger partial charge in [0.15, 0.2) is 5.16 Å². The van der Waals surface area contributed by atoms with Crippen molar-refractivity contribution in [1.82, 2.24) is 9.55 Å². The number of thioether (sulfide) groups is 1. The number of para-hydroxylation sites is 1. The third kappa shape index (κ3) is 4.62. The van der Waals surface area contributed by atoms with Crippen molar-refractivity contribution in [3.8, 4) is 16.8 Å². The van der Waals surface area contributed by atoms with Gasteiger partial charge in [0.05, 0.1) is 16.8 Å². The van der Waals surface area contributed by atoms with Gasteiger partial charge in [0.2, 0.25) is 5.91 Å². The number of benzene rings is 4. The zero-order valence-corrected chi connectivity index (χ0v) is 22.2. The summed E-state index contributed by atoms with van der Waals surface area (Å²) in [4.78, 5) is 33.6. The molecule has 0 saturated heterocycles. The fourth-order valence-electron chi connectivity index (χ4n) is 4.59. The molecule has 5 nitrogen and oxygen atoms in total. The average molecular weight is 534 g/mol. The van der Waals surface area contributed by atoms with Crippen LogP contribution in [0.1, 0.15) is 4.88 Å². The average Bonchev–Trinajstić information content (AvgIpc) is 3.28. The largest absolute Gasteiger partial charge is 0.325 e. The normalized spacial score (nSPS) is 11.2. The Morgan fingerprint density at radius 2 is 1.58 bits per heavy atom. The summed E-state index contributed by atoms with van der Waals surface area (Å²) >= 11 is 2.76. The lowest BCUT2D eigenvalue weighted by atomic mass is 10.0. The first-order chi connectivity index (χ1) is 18.6. The summed E-state index contributed by atoms with van der Waals surface area (Å²) in [6.45, 7) is 2.02. The Hall–Kier alpha value is -4.20. The molecule has 1 N–H and O–H groups in total. The molecule has 2 aromatic heterocycles. The first kappa shape index (κ1) is 24.2. The van der Waals surface area contributed by atoms with E-state index in [0.29, 0.717) is 21.1 Å². The number of aromatic nitrogens is 2. The number of carbonyl (C=O) groups is 1. The van der Waals surface area contributed by atoms with Crippen molar-refractivity contribution in [3.63, 3.8) is 0 Å². The molecule has 0 aliphatic heterocycles. The molecule has 0 unspecified atom stereocenters. The predicted octanol–water partition coefficient (Wildman–Crippen LogP) is 7.31. The molecule has 0 saturated carbocycles. The molecule has 0 bridgehead atoms. The second-order valence-corrected chi connectivity index (χ2v) is 11.0. The lowest BCUT2D eigenvalue weighted by Gasteiger charge is -2.13. The van der Waals surface area contributed by atoms with Gasteiger partial charge in [-0.25, -0.2) is 4.98 Å². The number of hydrogen-bond acceptors (Lipinski definition) is 5. The van der Waals surface area contributed by atoms with Gasteiger partial charge in [-0.3, -0.25) is 14.2 Å².